The van der Waals surface area contributed by atoms with Crippen LogP contribution in [0.1, 0.15) is 36.5 Å². The lowest BCUT2D eigenvalue weighted by Crippen LogP contribution is -2.07. The van der Waals surface area contributed by atoms with E-state index in [1.807, 2.05) is 6.08 Å². The smallest absolute Gasteiger partial charge is 0.00240 e. The SMILES string of the molecule is C=Cc1ccc2c3c(cc4cc/c(=C/C)c1c42)CCCC3. The van der Waals surface area contributed by atoms with Crippen LogP contribution in [0, 0.1) is 0 Å². The Labute approximate surface area is 125 Å². The predicted molar refractivity (Wildman–Crippen MR) is 93.5 cm³/mol. The predicted octanol–water partition coefficient (Wildman–Crippen LogP) is 5.03. The van der Waals surface area contributed by atoms with E-state index in [-0.39, 0.29) is 0 Å². The largest absolute Gasteiger partial charge is 0.0984 e. The van der Waals surface area contributed by atoms with E-state index in [2.05, 4.69) is 49.9 Å². The lowest BCUT2D eigenvalue weighted by atomic mass is 9.84. The molecule has 0 saturated carbocycles. The molecule has 0 radical (unpaired) electrons. The highest BCUT2D eigenvalue weighted by Gasteiger charge is 2.16. The molecule has 3 aromatic rings. The summed E-state index contributed by atoms with van der Waals surface area (Å²) in [5.41, 5.74) is 4.40. The van der Waals surface area contributed by atoms with Crippen LogP contribution < -0.4 is 5.22 Å². The van der Waals surface area contributed by atoms with Crippen LogP contribution in [-0.4, -0.2) is 0 Å². The maximum absolute atomic E-state index is 4.01. The van der Waals surface area contributed by atoms with Crippen molar-refractivity contribution >= 4 is 33.7 Å². The Morgan fingerprint density at radius 3 is 2.67 bits per heavy atom. The van der Waals surface area contributed by atoms with Gasteiger partial charge in [-0.3, -0.25) is 0 Å². The van der Waals surface area contributed by atoms with E-state index in [4.69, 9.17) is 0 Å². The Morgan fingerprint density at radius 1 is 1.00 bits per heavy atom. The first-order valence-corrected chi connectivity index (χ1v) is 7.92. The van der Waals surface area contributed by atoms with E-state index in [1.54, 1.807) is 11.1 Å². The van der Waals surface area contributed by atoms with Gasteiger partial charge in [0.1, 0.15) is 0 Å². The molecule has 0 spiro atoms. The summed E-state index contributed by atoms with van der Waals surface area (Å²) in [7, 11) is 0. The van der Waals surface area contributed by atoms with Gasteiger partial charge in [0.05, 0.1) is 0 Å². The van der Waals surface area contributed by atoms with Gasteiger partial charge in [-0.1, -0.05) is 49.1 Å². The Morgan fingerprint density at radius 2 is 1.86 bits per heavy atom. The van der Waals surface area contributed by atoms with Crippen LogP contribution in [0.5, 0.6) is 0 Å². The number of aryl methyl sites for hydroxylation is 2. The molecule has 0 fully saturated rings. The summed E-state index contributed by atoms with van der Waals surface area (Å²) in [6.45, 7) is 6.12. The van der Waals surface area contributed by atoms with Crippen molar-refractivity contribution in [1.82, 2.24) is 0 Å². The maximum Gasteiger partial charge on any atom is -0.00240 e. The molecular weight excluding hydrogens is 252 g/mol. The van der Waals surface area contributed by atoms with Gasteiger partial charge in [0.2, 0.25) is 0 Å². The van der Waals surface area contributed by atoms with Gasteiger partial charge in [-0.2, -0.15) is 0 Å². The first-order chi connectivity index (χ1) is 10.3. The molecule has 0 N–H and O–H groups in total. The second-order valence-electron chi connectivity index (χ2n) is 6.04. The average molecular weight is 272 g/mol. The third kappa shape index (κ3) is 1.75. The van der Waals surface area contributed by atoms with Crippen LogP contribution in [0.4, 0.5) is 0 Å². The van der Waals surface area contributed by atoms with Gasteiger partial charge in [-0.15, -0.1) is 0 Å². The zero-order valence-corrected chi connectivity index (χ0v) is 12.6. The van der Waals surface area contributed by atoms with Crippen LogP contribution in [-0.2, 0) is 12.8 Å². The molecule has 0 saturated heterocycles. The van der Waals surface area contributed by atoms with Gasteiger partial charge in [-0.25, -0.2) is 0 Å². The molecule has 104 valence electrons. The molecule has 1 aliphatic rings. The summed E-state index contributed by atoms with van der Waals surface area (Å²) in [5.74, 6) is 0. The Balaban J connectivity index is 2.29. The molecule has 0 amide bonds. The molecule has 21 heavy (non-hydrogen) atoms. The standard InChI is InChI=1S/C21H20/c1-3-14-9-10-17-13-16-7-5-6-8-18(16)19-12-11-15(4-2)20(14)21(17)19/h3-4,9-13H,2,5-8H2,1H3/b14-3-. The van der Waals surface area contributed by atoms with Crippen molar-refractivity contribution in [3.05, 3.63) is 58.8 Å². The summed E-state index contributed by atoms with van der Waals surface area (Å²) < 4.78 is 0. The summed E-state index contributed by atoms with van der Waals surface area (Å²) in [4.78, 5) is 0. The minimum absolute atomic E-state index is 1.23. The first-order valence-electron chi connectivity index (χ1n) is 7.92. The van der Waals surface area contributed by atoms with Crippen molar-refractivity contribution in [2.45, 2.75) is 32.6 Å². The first kappa shape index (κ1) is 12.6. The van der Waals surface area contributed by atoms with Crippen LogP contribution in [0.2, 0.25) is 0 Å². The molecule has 1 aliphatic carbocycles. The third-order valence-corrected chi connectivity index (χ3v) is 4.95. The molecule has 0 aliphatic heterocycles. The van der Waals surface area contributed by atoms with E-state index in [9.17, 15) is 0 Å². The lowest BCUT2D eigenvalue weighted by molar-refractivity contribution is 0.690. The monoisotopic (exact) mass is 272 g/mol. The van der Waals surface area contributed by atoms with Crippen LogP contribution in [0.25, 0.3) is 33.7 Å². The number of hydrogen-bond donors (Lipinski definition) is 0. The second kappa shape index (κ2) is 4.73. The van der Waals surface area contributed by atoms with Crippen molar-refractivity contribution in [3.63, 3.8) is 0 Å². The van der Waals surface area contributed by atoms with Gasteiger partial charge < -0.3 is 0 Å². The minimum atomic E-state index is 1.23. The van der Waals surface area contributed by atoms with E-state index in [0.717, 1.165) is 0 Å². The van der Waals surface area contributed by atoms with Gasteiger partial charge in [-0.05, 0) is 76.1 Å². The summed E-state index contributed by atoms with van der Waals surface area (Å²) >= 11 is 0. The van der Waals surface area contributed by atoms with Gasteiger partial charge in [0.15, 0.2) is 0 Å². The zero-order valence-electron chi connectivity index (χ0n) is 12.6. The van der Waals surface area contributed by atoms with Crippen LogP contribution in [0.15, 0.2) is 36.9 Å². The minimum Gasteiger partial charge on any atom is -0.0984 e. The van der Waals surface area contributed by atoms with E-state index in [0.29, 0.717) is 0 Å². The molecule has 0 nitrogen and oxygen atoms in total. The summed E-state index contributed by atoms with van der Waals surface area (Å²) in [5, 5.41) is 6.97. The molecule has 0 heteroatoms. The lowest BCUT2D eigenvalue weighted by Gasteiger charge is -2.21. The fraction of sp³-hybridized carbons (Fsp3) is 0.238. The fourth-order valence-corrected chi connectivity index (χ4v) is 3.94. The van der Waals surface area contributed by atoms with Crippen LogP contribution in [0.3, 0.4) is 0 Å². The highest BCUT2D eigenvalue weighted by atomic mass is 14.2. The van der Waals surface area contributed by atoms with Gasteiger partial charge in [0, 0.05) is 0 Å². The number of rotatable bonds is 1. The molecule has 3 aromatic carbocycles. The Hall–Kier alpha value is -2.08. The summed E-state index contributed by atoms with van der Waals surface area (Å²) in [6, 6.07) is 11.5. The number of benzene rings is 3. The normalized spacial score (nSPS) is 15.6. The topological polar surface area (TPSA) is 0 Å². The Kier molecular flexibility index (Phi) is 2.85. The average Bonchev–Trinajstić information content (AvgIpc) is 2.55. The summed E-state index contributed by atoms with van der Waals surface area (Å²) in [6.07, 6.45) is 9.32. The van der Waals surface area contributed by atoms with Gasteiger partial charge >= 0.3 is 0 Å². The van der Waals surface area contributed by atoms with Crippen molar-refractivity contribution in [1.29, 1.82) is 0 Å². The molecular formula is C21H20. The van der Waals surface area contributed by atoms with E-state index < -0.39 is 0 Å². The van der Waals surface area contributed by atoms with E-state index in [1.165, 1.54) is 58.0 Å². The van der Waals surface area contributed by atoms with E-state index >= 15 is 0 Å². The molecule has 0 bridgehead atoms. The van der Waals surface area contributed by atoms with Crippen molar-refractivity contribution in [2.24, 2.45) is 0 Å². The highest BCUT2D eigenvalue weighted by molar-refractivity contribution is 6.14. The highest BCUT2D eigenvalue weighted by Crippen LogP contribution is 2.35. The maximum atomic E-state index is 4.01. The molecule has 0 unspecified atom stereocenters. The molecule has 4 rings (SSSR count). The quantitative estimate of drug-likeness (QED) is 0.582. The molecule has 0 atom stereocenters. The second-order valence-corrected chi connectivity index (χ2v) is 6.04. The Bertz CT molecular complexity index is 912. The third-order valence-electron chi connectivity index (χ3n) is 4.95. The fourth-order valence-electron chi connectivity index (χ4n) is 3.94. The molecule has 0 heterocycles. The number of fused-ring (bicyclic) bond motifs is 2. The van der Waals surface area contributed by atoms with Crippen molar-refractivity contribution in [2.75, 3.05) is 0 Å². The van der Waals surface area contributed by atoms with Gasteiger partial charge in [0.25, 0.3) is 0 Å². The van der Waals surface area contributed by atoms with Crippen LogP contribution >= 0.6 is 0 Å². The van der Waals surface area contributed by atoms with Crippen molar-refractivity contribution in [3.8, 4) is 0 Å². The van der Waals surface area contributed by atoms with Crippen molar-refractivity contribution < 1.29 is 0 Å². The number of hydrogen-bond acceptors (Lipinski definition) is 0. The molecule has 0 aromatic heterocycles. The zero-order chi connectivity index (χ0) is 14.4.